The molecule has 0 unspecified atom stereocenters. The highest BCUT2D eigenvalue weighted by atomic mass is 16.6. The Hall–Kier alpha value is -2.62. The second-order valence-corrected chi connectivity index (χ2v) is 3.87. The minimum Gasteiger partial charge on any atom is -0.490 e. The van der Waals surface area contributed by atoms with Crippen molar-refractivity contribution in [1.82, 2.24) is 0 Å². The predicted molar refractivity (Wildman–Crippen MR) is 73.7 cm³/mol. The third-order valence-corrected chi connectivity index (χ3v) is 2.68. The molecule has 96 valence electrons. The van der Waals surface area contributed by atoms with Crippen molar-refractivity contribution in [2.75, 3.05) is 7.11 Å². The van der Waals surface area contributed by atoms with Crippen LogP contribution in [0, 0.1) is 10.1 Å². The van der Waals surface area contributed by atoms with Crippen molar-refractivity contribution >= 4 is 11.5 Å². The van der Waals surface area contributed by atoms with Gasteiger partial charge < -0.3 is 4.74 Å². The van der Waals surface area contributed by atoms with E-state index in [0.29, 0.717) is 11.1 Å². The summed E-state index contributed by atoms with van der Waals surface area (Å²) < 4.78 is 5.25. The largest absolute Gasteiger partial charge is 0.490 e. The van der Waals surface area contributed by atoms with Crippen LogP contribution in [0.3, 0.4) is 0 Å². The number of hydrogen-bond acceptors (Lipinski definition) is 3. The minimum absolute atomic E-state index is 0.0331. The van der Waals surface area contributed by atoms with Crippen molar-refractivity contribution in [3.63, 3.8) is 0 Å². The Bertz CT molecular complexity index is 591. The zero-order chi connectivity index (χ0) is 13.7. The van der Waals surface area contributed by atoms with E-state index < -0.39 is 4.92 Å². The lowest BCUT2D eigenvalue weighted by Crippen LogP contribution is -2.03. The van der Waals surface area contributed by atoms with Crippen LogP contribution < -0.4 is 0 Å². The number of nitro groups is 1. The quantitative estimate of drug-likeness (QED) is 0.364. The molecule has 0 spiro atoms. The summed E-state index contributed by atoms with van der Waals surface area (Å²) in [5, 5.41) is 11.3. The molecule has 0 saturated heterocycles. The SMILES string of the molecule is CO/C(=C(\c1ccccc1)[N+](=O)[O-])c1ccccc1. The maximum atomic E-state index is 11.3. The molecule has 0 heterocycles. The molecule has 2 rings (SSSR count). The molecule has 0 atom stereocenters. The van der Waals surface area contributed by atoms with Crippen LogP contribution >= 0.6 is 0 Å². The first kappa shape index (κ1) is 12.8. The van der Waals surface area contributed by atoms with E-state index >= 15 is 0 Å². The van der Waals surface area contributed by atoms with Gasteiger partial charge in [0.1, 0.15) is 0 Å². The first-order chi connectivity index (χ1) is 9.24. The number of rotatable bonds is 4. The van der Waals surface area contributed by atoms with Gasteiger partial charge in [-0.1, -0.05) is 48.5 Å². The van der Waals surface area contributed by atoms with Crippen LogP contribution in [0.25, 0.3) is 11.5 Å². The molecule has 4 heteroatoms. The molecule has 0 N–H and O–H groups in total. The fourth-order valence-corrected chi connectivity index (χ4v) is 1.86. The maximum absolute atomic E-state index is 11.3. The van der Waals surface area contributed by atoms with Crippen LogP contribution in [0.4, 0.5) is 0 Å². The Morgan fingerprint density at radius 1 is 0.947 bits per heavy atom. The van der Waals surface area contributed by atoms with Gasteiger partial charge in [-0.05, 0) is 12.1 Å². The van der Waals surface area contributed by atoms with Gasteiger partial charge in [0.25, 0.3) is 0 Å². The topological polar surface area (TPSA) is 52.4 Å². The number of ether oxygens (including phenoxy) is 1. The van der Waals surface area contributed by atoms with E-state index in [0.717, 1.165) is 0 Å². The first-order valence-corrected chi connectivity index (χ1v) is 5.77. The summed E-state index contributed by atoms with van der Waals surface area (Å²) in [6.07, 6.45) is 0. The van der Waals surface area contributed by atoms with E-state index in [-0.39, 0.29) is 11.5 Å². The van der Waals surface area contributed by atoms with Gasteiger partial charge in [-0.2, -0.15) is 0 Å². The van der Waals surface area contributed by atoms with E-state index in [1.54, 1.807) is 36.4 Å². The fourth-order valence-electron chi connectivity index (χ4n) is 1.86. The molecule has 19 heavy (non-hydrogen) atoms. The number of nitrogens with zero attached hydrogens (tertiary/aromatic N) is 1. The summed E-state index contributed by atoms with van der Waals surface area (Å²) in [5.74, 6) is 0.261. The number of methoxy groups -OCH3 is 1. The average Bonchev–Trinajstić information content (AvgIpc) is 2.46. The zero-order valence-electron chi connectivity index (χ0n) is 10.4. The first-order valence-electron chi connectivity index (χ1n) is 5.77. The van der Waals surface area contributed by atoms with Crippen LogP contribution in [0.1, 0.15) is 11.1 Å². The highest BCUT2D eigenvalue weighted by Crippen LogP contribution is 2.27. The zero-order valence-corrected chi connectivity index (χ0v) is 10.4. The molecule has 0 aromatic heterocycles. The molecule has 4 nitrogen and oxygen atoms in total. The molecule has 0 amide bonds. The second-order valence-electron chi connectivity index (χ2n) is 3.87. The van der Waals surface area contributed by atoms with Crippen molar-refractivity contribution in [2.45, 2.75) is 0 Å². The van der Waals surface area contributed by atoms with Crippen molar-refractivity contribution in [3.8, 4) is 0 Å². The Morgan fingerprint density at radius 3 is 1.84 bits per heavy atom. The molecule has 0 aliphatic carbocycles. The molecular formula is C15H13NO3. The average molecular weight is 255 g/mol. The standard InChI is InChI=1S/C15H13NO3/c1-19-15(13-10-6-3-7-11-13)14(16(17)18)12-8-4-2-5-9-12/h2-11H,1H3/b15-14+. The van der Waals surface area contributed by atoms with Crippen LogP contribution in [0.15, 0.2) is 60.7 Å². The fraction of sp³-hybridized carbons (Fsp3) is 0.0667. The Kier molecular flexibility index (Phi) is 3.93. The van der Waals surface area contributed by atoms with Gasteiger partial charge in [-0.3, -0.25) is 10.1 Å². The van der Waals surface area contributed by atoms with Crippen molar-refractivity contribution in [1.29, 1.82) is 0 Å². The number of hydrogen-bond donors (Lipinski definition) is 0. The summed E-state index contributed by atoms with van der Waals surface area (Å²) in [6, 6.07) is 17.8. The Morgan fingerprint density at radius 2 is 1.42 bits per heavy atom. The summed E-state index contributed by atoms with van der Waals surface area (Å²) in [4.78, 5) is 10.9. The van der Waals surface area contributed by atoms with Crippen LogP contribution in [-0.4, -0.2) is 12.0 Å². The molecule has 0 radical (unpaired) electrons. The molecular weight excluding hydrogens is 242 g/mol. The van der Waals surface area contributed by atoms with Crippen molar-refractivity contribution in [3.05, 3.63) is 81.9 Å². The maximum Gasteiger partial charge on any atom is 0.318 e. The van der Waals surface area contributed by atoms with Crippen LogP contribution in [0.2, 0.25) is 0 Å². The van der Waals surface area contributed by atoms with Gasteiger partial charge in [0.2, 0.25) is 5.76 Å². The minimum atomic E-state index is -0.416. The Balaban J connectivity index is 2.64. The lowest BCUT2D eigenvalue weighted by molar-refractivity contribution is -0.375. The lowest BCUT2D eigenvalue weighted by Gasteiger charge is -2.08. The second kappa shape index (κ2) is 5.82. The van der Waals surface area contributed by atoms with Gasteiger partial charge in [0.05, 0.1) is 17.6 Å². The summed E-state index contributed by atoms with van der Waals surface area (Å²) in [6.45, 7) is 0. The highest BCUT2D eigenvalue weighted by Gasteiger charge is 2.23. The van der Waals surface area contributed by atoms with Gasteiger partial charge in [-0.25, -0.2) is 0 Å². The summed E-state index contributed by atoms with van der Waals surface area (Å²) in [5.41, 5.74) is 1.17. The number of benzene rings is 2. The van der Waals surface area contributed by atoms with Crippen molar-refractivity contribution < 1.29 is 9.66 Å². The third kappa shape index (κ3) is 2.80. The lowest BCUT2D eigenvalue weighted by atomic mass is 10.1. The molecule has 0 bridgehead atoms. The van der Waals surface area contributed by atoms with Crippen LogP contribution in [0.5, 0.6) is 0 Å². The molecule has 0 aliphatic heterocycles. The van der Waals surface area contributed by atoms with E-state index in [1.165, 1.54) is 7.11 Å². The smallest absolute Gasteiger partial charge is 0.318 e. The molecule has 0 aliphatic rings. The third-order valence-electron chi connectivity index (χ3n) is 2.68. The van der Waals surface area contributed by atoms with Gasteiger partial charge >= 0.3 is 5.70 Å². The monoisotopic (exact) mass is 255 g/mol. The highest BCUT2D eigenvalue weighted by molar-refractivity contribution is 5.83. The predicted octanol–water partition coefficient (Wildman–Crippen LogP) is 3.44. The molecule has 0 saturated carbocycles. The van der Waals surface area contributed by atoms with Crippen molar-refractivity contribution in [2.24, 2.45) is 0 Å². The normalized spacial score (nSPS) is 11.6. The van der Waals surface area contributed by atoms with Crippen LogP contribution in [-0.2, 0) is 4.74 Å². The van der Waals surface area contributed by atoms with Gasteiger partial charge in [0.15, 0.2) is 0 Å². The van der Waals surface area contributed by atoms with E-state index in [1.807, 2.05) is 24.3 Å². The van der Waals surface area contributed by atoms with Gasteiger partial charge in [0, 0.05) is 5.56 Å². The van der Waals surface area contributed by atoms with Gasteiger partial charge in [-0.15, -0.1) is 0 Å². The summed E-state index contributed by atoms with van der Waals surface area (Å²) in [7, 11) is 1.44. The van der Waals surface area contributed by atoms with E-state index in [2.05, 4.69) is 0 Å². The molecule has 2 aromatic rings. The molecule has 2 aromatic carbocycles. The molecule has 0 fully saturated rings. The van der Waals surface area contributed by atoms with E-state index in [9.17, 15) is 10.1 Å². The van der Waals surface area contributed by atoms with E-state index in [4.69, 9.17) is 4.74 Å². The summed E-state index contributed by atoms with van der Waals surface area (Å²) >= 11 is 0. The Labute approximate surface area is 111 Å².